The number of hydrogen-bond acceptors (Lipinski definition) is 6. The number of amides is 1. The summed E-state index contributed by atoms with van der Waals surface area (Å²) in [5.41, 5.74) is 7.84. The number of aliphatic hydroxyl groups excluding tert-OH is 1. The average molecular weight is 661 g/mol. The molecule has 1 amide bonds. The molecule has 49 heavy (non-hydrogen) atoms. The summed E-state index contributed by atoms with van der Waals surface area (Å²) in [7, 11) is 0. The largest absolute Gasteiger partial charge is 0.392 e. The van der Waals surface area contributed by atoms with Gasteiger partial charge in [-0.2, -0.15) is 0 Å². The van der Waals surface area contributed by atoms with Crippen molar-refractivity contribution < 1.29 is 19.4 Å². The van der Waals surface area contributed by atoms with Crippen molar-refractivity contribution in [3.8, 4) is 11.1 Å². The summed E-state index contributed by atoms with van der Waals surface area (Å²) in [5.74, 6) is 0.0142. The Kier molecular flexibility index (Phi) is 9.77. The molecule has 3 N–H and O–H groups in total. The van der Waals surface area contributed by atoms with Crippen molar-refractivity contribution in [1.82, 2.24) is 19.8 Å². The summed E-state index contributed by atoms with van der Waals surface area (Å²) in [6.45, 7) is 6.69. The Bertz CT molecular complexity index is 1940. The highest BCUT2D eigenvalue weighted by molar-refractivity contribution is 5.75. The summed E-state index contributed by atoms with van der Waals surface area (Å²) in [5, 5.41) is 12.5. The number of fused-ring (bicyclic) bond motifs is 1. The highest BCUT2D eigenvalue weighted by atomic mass is 16.7. The van der Waals surface area contributed by atoms with Gasteiger partial charge in [-0.25, -0.2) is 4.79 Å². The summed E-state index contributed by atoms with van der Waals surface area (Å²) in [4.78, 5) is 29.9. The number of rotatable bonds is 9. The fraction of sp³-hybridized carbons (Fsp3) is 0.350. The molecule has 254 valence electrons. The standard InChI is InChI=1S/C40H44N4O5/c1-26-37(24-43-21-19-33(20-22-43)44-36-10-6-5-9-35(36)42-40(44)47)48-39(49-38(26)30-13-11-28(25-45)12-14-30)31-17-15-29(16-18-31)34-8-4-3-7-32(34)23-41-27(2)46/h3-18,26,33,37-39,45H,19-25H2,1-2H3,(H,41,46)(H,42,47)/t26-,37+,38+,39+/m1/s1. The first kappa shape index (κ1) is 33.0. The van der Waals surface area contributed by atoms with Gasteiger partial charge in [0.15, 0.2) is 6.29 Å². The van der Waals surface area contributed by atoms with Gasteiger partial charge in [0.1, 0.15) is 0 Å². The molecule has 9 nitrogen and oxygen atoms in total. The van der Waals surface area contributed by atoms with Crippen LogP contribution in [0.4, 0.5) is 0 Å². The molecule has 0 unspecified atom stereocenters. The van der Waals surface area contributed by atoms with E-state index in [2.05, 4.69) is 52.5 Å². The van der Waals surface area contributed by atoms with Crippen LogP contribution in [0.2, 0.25) is 0 Å². The molecule has 4 aromatic carbocycles. The van der Waals surface area contributed by atoms with Crippen molar-refractivity contribution in [1.29, 1.82) is 0 Å². The van der Waals surface area contributed by atoms with Crippen LogP contribution in [0.1, 0.15) is 67.4 Å². The molecule has 7 rings (SSSR count). The maximum absolute atomic E-state index is 12.9. The number of likely N-dealkylation sites (tertiary alicyclic amines) is 1. The van der Waals surface area contributed by atoms with Gasteiger partial charge in [-0.3, -0.25) is 9.36 Å². The van der Waals surface area contributed by atoms with Crippen LogP contribution in [-0.4, -0.2) is 51.2 Å². The van der Waals surface area contributed by atoms with Gasteiger partial charge < -0.3 is 29.8 Å². The van der Waals surface area contributed by atoms with Crippen molar-refractivity contribution in [2.24, 2.45) is 5.92 Å². The van der Waals surface area contributed by atoms with Gasteiger partial charge in [-0.05, 0) is 52.8 Å². The highest BCUT2D eigenvalue weighted by Gasteiger charge is 2.39. The van der Waals surface area contributed by atoms with Crippen molar-refractivity contribution in [3.63, 3.8) is 0 Å². The van der Waals surface area contributed by atoms with E-state index in [4.69, 9.17) is 9.47 Å². The number of aromatic nitrogens is 2. The summed E-state index contributed by atoms with van der Waals surface area (Å²) < 4.78 is 15.4. The van der Waals surface area contributed by atoms with Crippen LogP contribution in [0.5, 0.6) is 0 Å². The minimum absolute atomic E-state index is 0.00334. The van der Waals surface area contributed by atoms with Crippen LogP contribution in [0.15, 0.2) is 102 Å². The number of nitrogens with one attached hydrogen (secondary N) is 2. The van der Waals surface area contributed by atoms with Gasteiger partial charge in [-0.1, -0.05) is 91.9 Å². The lowest BCUT2D eigenvalue weighted by Crippen LogP contribution is -2.47. The van der Waals surface area contributed by atoms with Gasteiger partial charge in [0.05, 0.1) is 29.8 Å². The van der Waals surface area contributed by atoms with E-state index in [0.717, 1.165) is 76.9 Å². The number of aromatic amines is 1. The number of carbonyl (C=O) groups excluding carboxylic acids is 1. The number of para-hydroxylation sites is 2. The predicted octanol–water partition coefficient (Wildman–Crippen LogP) is 6.25. The smallest absolute Gasteiger partial charge is 0.326 e. The zero-order valence-corrected chi connectivity index (χ0v) is 28.0. The van der Waals surface area contributed by atoms with E-state index in [1.54, 1.807) is 0 Å². The first-order valence-corrected chi connectivity index (χ1v) is 17.2. The first-order chi connectivity index (χ1) is 23.9. The number of benzene rings is 4. The van der Waals surface area contributed by atoms with E-state index in [1.165, 1.54) is 6.92 Å². The van der Waals surface area contributed by atoms with E-state index in [-0.39, 0.29) is 42.4 Å². The Hall–Kier alpha value is -4.54. The molecule has 0 aliphatic carbocycles. The number of piperidine rings is 1. The molecule has 0 saturated carbocycles. The number of ether oxygens (including phenoxy) is 2. The second kappa shape index (κ2) is 14.5. The van der Waals surface area contributed by atoms with E-state index in [1.807, 2.05) is 71.3 Å². The van der Waals surface area contributed by atoms with Gasteiger partial charge in [0.2, 0.25) is 5.91 Å². The Balaban J connectivity index is 1.10. The molecule has 2 aliphatic rings. The zero-order chi connectivity index (χ0) is 33.9. The van der Waals surface area contributed by atoms with Crippen LogP contribution >= 0.6 is 0 Å². The van der Waals surface area contributed by atoms with E-state index >= 15 is 0 Å². The van der Waals surface area contributed by atoms with Crippen LogP contribution < -0.4 is 11.0 Å². The lowest BCUT2D eigenvalue weighted by molar-refractivity contribution is -0.276. The monoisotopic (exact) mass is 660 g/mol. The molecule has 4 atom stereocenters. The third-order valence-corrected chi connectivity index (χ3v) is 10.1. The molecule has 1 aromatic heterocycles. The molecule has 2 aliphatic heterocycles. The molecular formula is C40H44N4O5. The number of aliphatic hydroxyl groups is 1. The predicted molar refractivity (Wildman–Crippen MR) is 190 cm³/mol. The molecule has 3 heterocycles. The van der Waals surface area contributed by atoms with Gasteiger partial charge in [-0.15, -0.1) is 0 Å². The van der Waals surface area contributed by atoms with E-state index in [0.29, 0.717) is 6.54 Å². The minimum Gasteiger partial charge on any atom is -0.392 e. The Labute approximate surface area is 286 Å². The number of nitrogens with zero attached hydrogens (tertiary/aromatic N) is 2. The molecule has 5 aromatic rings. The highest BCUT2D eigenvalue weighted by Crippen LogP contribution is 2.42. The topological polar surface area (TPSA) is 109 Å². The summed E-state index contributed by atoms with van der Waals surface area (Å²) in [6.07, 6.45) is 0.928. The van der Waals surface area contributed by atoms with Crippen LogP contribution in [0, 0.1) is 5.92 Å². The van der Waals surface area contributed by atoms with Crippen LogP contribution in [0.25, 0.3) is 22.2 Å². The summed E-state index contributed by atoms with van der Waals surface area (Å²) >= 11 is 0. The Morgan fingerprint density at radius 1 is 0.898 bits per heavy atom. The second-order valence-electron chi connectivity index (χ2n) is 13.4. The third-order valence-electron chi connectivity index (χ3n) is 10.1. The Morgan fingerprint density at radius 3 is 2.33 bits per heavy atom. The van der Waals surface area contributed by atoms with Crippen molar-refractivity contribution in [3.05, 3.63) is 130 Å². The fourth-order valence-corrected chi connectivity index (χ4v) is 7.38. The van der Waals surface area contributed by atoms with Crippen molar-refractivity contribution >= 4 is 16.9 Å². The molecule has 0 bridgehead atoms. The SMILES string of the molecule is CC(=O)NCc1ccccc1-c1ccc([C@H]2O[C@@H](CN3CCC(n4c(=O)[nH]c5ccccc54)CC3)[C@@H](C)[C@@H](c3ccc(CO)cc3)O2)cc1. The lowest BCUT2D eigenvalue weighted by atomic mass is 9.89. The maximum Gasteiger partial charge on any atom is 0.326 e. The van der Waals surface area contributed by atoms with Gasteiger partial charge >= 0.3 is 5.69 Å². The molecule has 2 saturated heterocycles. The van der Waals surface area contributed by atoms with Crippen LogP contribution in [0.3, 0.4) is 0 Å². The number of hydrogen-bond donors (Lipinski definition) is 3. The maximum atomic E-state index is 12.9. The van der Waals surface area contributed by atoms with Gasteiger partial charge in [0.25, 0.3) is 0 Å². The lowest BCUT2D eigenvalue weighted by Gasteiger charge is -2.44. The minimum atomic E-state index is -0.560. The molecule has 2 fully saturated rings. The molecule has 0 spiro atoms. The molecule has 0 radical (unpaired) electrons. The second-order valence-corrected chi connectivity index (χ2v) is 13.4. The quantitative estimate of drug-likeness (QED) is 0.173. The first-order valence-electron chi connectivity index (χ1n) is 17.2. The normalized spacial score (nSPS) is 21.9. The summed E-state index contributed by atoms with van der Waals surface area (Å²) in [6, 6.07) is 32.5. The molecule has 9 heteroatoms. The van der Waals surface area contributed by atoms with Crippen LogP contribution in [-0.2, 0) is 27.4 Å². The third kappa shape index (κ3) is 7.12. The Morgan fingerprint density at radius 2 is 1.59 bits per heavy atom. The van der Waals surface area contributed by atoms with E-state index in [9.17, 15) is 14.7 Å². The zero-order valence-electron chi connectivity index (χ0n) is 28.0. The average Bonchev–Trinajstić information content (AvgIpc) is 3.47. The number of imidazole rings is 1. The molecular weight excluding hydrogens is 616 g/mol. The van der Waals surface area contributed by atoms with Gasteiger partial charge in [0, 0.05) is 50.6 Å². The van der Waals surface area contributed by atoms with Crippen molar-refractivity contribution in [2.45, 2.75) is 64.4 Å². The number of carbonyl (C=O) groups is 1. The number of H-pyrrole nitrogens is 1. The van der Waals surface area contributed by atoms with Crippen molar-refractivity contribution in [2.75, 3.05) is 19.6 Å². The fourth-order valence-electron chi connectivity index (χ4n) is 7.38. The van der Waals surface area contributed by atoms with E-state index < -0.39 is 6.29 Å².